The van der Waals surface area contributed by atoms with Crippen LogP contribution >= 0.6 is 39.0 Å². The van der Waals surface area contributed by atoms with Crippen LogP contribution in [0.2, 0.25) is 0 Å². The fraction of sp³-hybridized carbons (Fsp3) is 0.316. The average Bonchev–Trinajstić information content (AvgIpc) is 3.21. The predicted molar refractivity (Wildman–Crippen MR) is 117 cm³/mol. The molecule has 1 unspecified atom stereocenters. The lowest BCUT2D eigenvalue weighted by Crippen LogP contribution is -2.29. The summed E-state index contributed by atoms with van der Waals surface area (Å²) in [4.78, 5) is 31.0. The van der Waals surface area contributed by atoms with Crippen molar-refractivity contribution < 1.29 is 9.53 Å². The maximum Gasteiger partial charge on any atom is 0.262 e. The molecule has 3 rings (SSSR count). The summed E-state index contributed by atoms with van der Waals surface area (Å²) in [6.45, 7) is 2.71. The Bertz CT molecular complexity index is 1020. The van der Waals surface area contributed by atoms with Crippen LogP contribution in [0.1, 0.15) is 17.8 Å². The Morgan fingerprint density at radius 2 is 2.25 bits per heavy atom. The molecule has 0 aliphatic carbocycles. The van der Waals surface area contributed by atoms with Gasteiger partial charge in [0, 0.05) is 16.5 Å². The van der Waals surface area contributed by atoms with Crippen molar-refractivity contribution in [2.24, 2.45) is 0 Å². The first-order valence-electron chi connectivity index (χ1n) is 8.64. The van der Waals surface area contributed by atoms with E-state index in [1.54, 1.807) is 35.1 Å². The van der Waals surface area contributed by atoms with Crippen LogP contribution in [0.3, 0.4) is 0 Å². The number of fused-ring (bicyclic) bond motifs is 1. The lowest BCUT2D eigenvalue weighted by atomic mass is 10.2. The number of hydrogen-bond donors (Lipinski definition) is 1. The first-order valence-corrected chi connectivity index (χ1v) is 11.3. The summed E-state index contributed by atoms with van der Waals surface area (Å²) in [7, 11) is 1.59. The van der Waals surface area contributed by atoms with E-state index in [1.165, 1.54) is 11.8 Å². The molecule has 0 saturated carbocycles. The van der Waals surface area contributed by atoms with E-state index in [1.807, 2.05) is 30.5 Å². The summed E-state index contributed by atoms with van der Waals surface area (Å²) in [5.41, 5.74) is 0.468. The number of methoxy groups -OCH3 is 1. The molecule has 0 bridgehead atoms. The molecule has 28 heavy (non-hydrogen) atoms. The number of ether oxygens (including phenoxy) is 1. The second kappa shape index (κ2) is 9.69. The molecule has 0 spiro atoms. The van der Waals surface area contributed by atoms with E-state index in [0.29, 0.717) is 29.2 Å². The van der Waals surface area contributed by atoms with E-state index in [9.17, 15) is 9.59 Å². The topological polar surface area (TPSA) is 73.2 Å². The second-order valence-corrected chi connectivity index (χ2v) is 8.94. The average molecular weight is 482 g/mol. The first-order chi connectivity index (χ1) is 13.5. The summed E-state index contributed by atoms with van der Waals surface area (Å²) >= 11 is 6.25. The molecule has 0 radical (unpaired) electrons. The van der Waals surface area contributed by atoms with Crippen LogP contribution in [-0.2, 0) is 16.1 Å². The molecule has 0 saturated heterocycles. The Morgan fingerprint density at radius 1 is 1.43 bits per heavy atom. The third kappa shape index (κ3) is 5.02. The van der Waals surface area contributed by atoms with E-state index < -0.39 is 0 Å². The van der Waals surface area contributed by atoms with Crippen molar-refractivity contribution in [3.05, 3.63) is 55.4 Å². The summed E-state index contributed by atoms with van der Waals surface area (Å²) in [6.07, 6.45) is 0. The molecule has 0 fully saturated rings. The zero-order valence-electron chi connectivity index (χ0n) is 15.5. The molecule has 1 amide bonds. The van der Waals surface area contributed by atoms with E-state index >= 15 is 0 Å². The van der Waals surface area contributed by atoms with Crippen molar-refractivity contribution in [1.82, 2.24) is 14.9 Å². The minimum atomic E-state index is -0.141. The van der Waals surface area contributed by atoms with Gasteiger partial charge in [-0.25, -0.2) is 4.98 Å². The van der Waals surface area contributed by atoms with Gasteiger partial charge >= 0.3 is 0 Å². The molecule has 0 aliphatic rings. The Morgan fingerprint density at radius 3 is 2.96 bits per heavy atom. The number of carbonyl (C=O) groups is 1. The summed E-state index contributed by atoms with van der Waals surface area (Å²) in [6, 6.07) is 9.31. The smallest absolute Gasteiger partial charge is 0.262 e. The van der Waals surface area contributed by atoms with Crippen LogP contribution in [0.4, 0.5) is 0 Å². The van der Waals surface area contributed by atoms with Gasteiger partial charge in [-0.15, -0.1) is 11.3 Å². The fourth-order valence-corrected chi connectivity index (χ4v) is 4.62. The Hall–Kier alpha value is -1.68. The van der Waals surface area contributed by atoms with Crippen LogP contribution in [0, 0.1) is 0 Å². The quantitative estimate of drug-likeness (QED) is 0.390. The van der Waals surface area contributed by atoms with Crippen LogP contribution in [0.25, 0.3) is 10.9 Å². The fourth-order valence-electron chi connectivity index (χ4n) is 2.68. The molecule has 1 atom stereocenters. The number of rotatable bonds is 8. The van der Waals surface area contributed by atoms with Crippen LogP contribution in [0.5, 0.6) is 0 Å². The van der Waals surface area contributed by atoms with Gasteiger partial charge < -0.3 is 10.1 Å². The first kappa shape index (κ1) is 21.0. The number of carbonyl (C=O) groups excluding carboxylic acids is 1. The predicted octanol–water partition coefficient (Wildman–Crippen LogP) is 3.84. The van der Waals surface area contributed by atoms with Gasteiger partial charge in [0.25, 0.3) is 5.56 Å². The molecule has 1 N–H and O–H groups in total. The van der Waals surface area contributed by atoms with Crippen molar-refractivity contribution in [2.75, 3.05) is 19.5 Å². The van der Waals surface area contributed by atoms with Crippen molar-refractivity contribution in [3.8, 4) is 0 Å². The van der Waals surface area contributed by atoms with Gasteiger partial charge in [-0.2, -0.15) is 0 Å². The molecule has 1 aromatic carbocycles. The molecule has 3 aromatic rings. The maximum atomic E-state index is 12.9. The highest BCUT2D eigenvalue weighted by molar-refractivity contribution is 9.10. The van der Waals surface area contributed by atoms with Crippen molar-refractivity contribution in [3.63, 3.8) is 0 Å². The molecule has 6 nitrogen and oxygen atoms in total. The molecular weight excluding hydrogens is 462 g/mol. The second-order valence-electron chi connectivity index (χ2n) is 6.10. The monoisotopic (exact) mass is 481 g/mol. The third-order valence-corrected chi connectivity index (χ3v) is 6.60. The number of nitrogens with zero attached hydrogens (tertiary/aromatic N) is 2. The zero-order valence-corrected chi connectivity index (χ0v) is 18.7. The van der Waals surface area contributed by atoms with Crippen molar-refractivity contribution in [2.45, 2.75) is 24.7 Å². The van der Waals surface area contributed by atoms with Crippen LogP contribution in [-0.4, -0.2) is 34.9 Å². The zero-order chi connectivity index (χ0) is 20.1. The van der Waals surface area contributed by atoms with Crippen molar-refractivity contribution in [1.29, 1.82) is 0 Å². The number of hydrogen-bond acceptors (Lipinski definition) is 6. The molecule has 148 valence electrons. The number of benzene rings is 1. The van der Waals surface area contributed by atoms with E-state index in [0.717, 1.165) is 9.35 Å². The number of thiophene rings is 1. The normalized spacial score (nSPS) is 12.2. The lowest BCUT2D eigenvalue weighted by molar-refractivity contribution is -0.119. The Labute approximate surface area is 179 Å². The SMILES string of the molecule is COCCn1c(SCC(=O)NC(C)c2cccs2)nc2ccc(Br)cc2c1=O. The highest BCUT2D eigenvalue weighted by Crippen LogP contribution is 2.22. The number of halogens is 1. The van der Waals surface area contributed by atoms with Gasteiger partial charge in [0.05, 0.1) is 35.8 Å². The number of nitrogens with one attached hydrogen (secondary N) is 1. The number of aromatic nitrogens is 2. The summed E-state index contributed by atoms with van der Waals surface area (Å²) < 4.78 is 7.51. The number of amides is 1. The molecule has 9 heteroatoms. The third-order valence-electron chi connectivity index (χ3n) is 4.08. The van der Waals surface area contributed by atoms with Gasteiger partial charge in [-0.1, -0.05) is 33.8 Å². The molecule has 2 heterocycles. The van der Waals surface area contributed by atoms with Gasteiger partial charge in [0.1, 0.15) is 0 Å². The minimum absolute atomic E-state index is 0.0503. The Kier molecular flexibility index (Phi) is 7.28. The van der Waals surface area contributed by atoms with E-state index in [4.69, 9.17) is 4.74 Å². The molecule has 0 aliphatic heterocycles. The standard InChI is InChI=1S/C19H20BrN3O3S2/c1-12(16-4-3-9-27-16)21-17(24)11-28-19-22-15-6-5-13(20)10-14(15)18(25)23(19)7-8-26-2/h3-6,9-10,12H,7-8,11H2,1-2H3,(H,21,24). The summed E-state index contributed by atoms with van der Waals surface area (Å²) in [5, 5.41) is 6.01. The van der Waals surface area contributed by atoms with Gasteiger partial charge in [-0.05, 0) is 36.6 Å². The molecule has 2 aromatic heterocycles. The number of thioether (sulfide) groups is 1. The van der Waals surface area contributed by atoms with Gasteiger partial charge in [-0.3, -0.25) is 14.2 Å². The molecular formula is C19H20BrN3O3S2. The largest absolute Gasteiger partial charge is 0.383 e. The summed E-state index contributed by atoms with van der Waals surface area (Å²) in [5.74, 6) is 0.0753. The van der Waals surface area contributed by atoms with Gasteiger partial charge in [0.2, 0.25) is 5.91 Å². The lowest BCUT2D eigenvalue weighted by Gasteiger charge is -2.14. The highest BCUT2D eigenvalue weighted by Gasteiger charge is 2.15. The van der Waals surface area contributed by atoms with E-state index in [-0.39, 0.29) is 23.3 Å². The van der Waals surface area contributed by atoms with E-state index in [2.05, 4.69) is 26.2 Å². The van der Waals surface area contributed by atoms with Crippen LogP contribution < -0.4 is 10.9 Å². The minimum Gasteiger partial charge on any atom is -0.383 e. The van der Waals surface area contributed by atoms with Gasteiger partial charge in [0.15, 0.2) is 5.16 Å². The van der Waals surface area contributed by atoms with Crippen molar-refractivity contribution >= 4 is 55.8 Å². The highest BCUT2D eigenvalue weighted by atomic mass is 79.9. The Balaban J connectivity index is 1.79. The van der Waals surface area contributed by atoms with Crippen LogP contribution in [0.15, 0.2) is 50.1 Å². The maximum absolute atomic E-state index is 12.9.